The van der Waals surface area contributed by atoms with Crippen LogP contribution in [0.3, 0.4) is 0 Å². The van der Waals surface area contributed by atoms with Crippen LogP contribution < -0.4 is 5.73 Å². The number of sulfonamides is 1. The Morgan fingerprint density at radius 1 is 1.16 bits per heavy atom. The summed E-state index contributed by atoms with van der Waals surface area (Å²) in [5.41, 5.74) is 6.09. The van der Waals surface area contributed by atoms with E-state index in [-0.39, 0.29) is 4.90 Å². The van der Waals surface area contributed by atoms with Crippen LogP contribution in [0.4, 0.5) is 5.69 Å². The van der Waals surface area contributed by atoms with Gasteiger partial charge < -0.3 is 10.6 Å². The third-order valence-corrected chi connectivity index (χ3v) is 4.62. The average molecular weight is 281 g/mol. The number of piperidine rings is 1. The first-order valence-electron chi connectivity index (χ1n) is 6.41. The van der Waals surface area contributed by atoms with Crippen molar-refractivity contribution in [3.05, 3.63) is 24.3 Å². The lowest BCUT2D eigenvalue weighted by atomic mass is 10.1. The molecule has 0 radical (unpaired) electrons. The Bertz CT molecular complexity index is 558. The van der Waals surface area contributed by atoms with Gasteiger partial charge in [-0.25, -0.2) is 0 Å². The molecule has 2 N–H and O–H groups in total. The lowest BCUT2D eigenvalue weighted by molar-refractivity contribution is 0.341. The van der Waals surface area contributed by atoms with Crippen LogP contribution in [0.15, 0.2) is 33.6 Å². The van der Waals surface area contributed by atoms with E-state index in [0.717, 1.165) is 25.9 Å². The van der Waals surface area contributed by atoms with E-state index in [1.807, 2.05) is 4.90 Å². The summed E-state index contributed by atoms with van der Waals surface area (Å²) < 4.78 is 28.2. The van der Waals surface area contributed by atoms with E-state index >= 15 is 0 Å². The number of likely N-dealkylation sites (tertiary alicyclic amines) is 1. The number of amidine groups is 1. The van der Waals surface area contributed by atoms with Crippen LogP contribution >= 0.6 is 0 Å². The van der Waals surface area contributed by atoms with E-state index in [1.165, 1.54) is 18.6 Å². The Morgan fingerprint density at radius 3 is 2.32 bits per heavy atom. The molecule has 0 bridgehead atoms. The van der Waals surface area contributed by atoms with Crippen molar-refractivity contribution < 1.29 is 8.42 Å². The lowest BCUT2D eigenvalue weighted by Gasteiger charge is -2.27. The summed E-state index contributed by atoms with van der Waals surface area (Å²) in [6, 6.07) is 6.10. The van der Waals surface area contributed by atoms with Gasteiger partial charge >= 0.3 is 0 Å². The van der Waals surface area contributed by atoms with Crippen molar-refractivity contribution >= 4 is 21.5 Å². The zero-order chi connectivity index (χ0) is 13.9. The number of anilines is 1. The van der Waals surface area contributed by atoms with Crippen LogP contribution in [-0.4, -0.2) is 32.2 Å². The molecule has 1 aliphatic rings. The fourth-order valence-electron chi connectivity index (χ4n) is 2.14. The van der Waals surface area contributed by atoms with Gasteiger partial charge in [-0.05, 0) is 50.5 Å². The third kappa shape index (κ3) is 3.47. The molecular weight excluding hydrogens is 262 g/mol. The van der Waals surface area contributed by atoms with E-state index in [1.54, 1.807) is 19.1 Å². The zero-order valence-electron chi connectivity index (χ0n) is 11.0. The monoisotopic (exact) mass is 281 g/mol. The normalized spacial score (nSPS) is 17.5. The average Bonchev–Trinajstić information content (AvgIpc) is 2.40. The molecule has 0 aromatic heterocycles. The molecule has 5 nitrogen and oxygen atoms in total. The van der Waals surface area contributed by atoms with Crippen molar-refractivity contribution in [2.24, 2.45) is 4.40 Å². The van der Waals surface area contributed by atoms with Crippen molar-refractivity contribution in [1.29, 1.82) is 0 Å². The maximum atomic E-state index is 12.1. The molecule has 2 rings (SSSR count). The number of nitrogens with two attached hydrogens (primary N) is 1. The second-order valence-corrected chi connectivity index (χ2v) is 6.33. The summed E-state index contributed by atoms with van der Waals surface area (Å²) in [4.78, 5) is 2.20. The van der Waals surface area contributed by atoms with Gasteiger partial charge in [0.05, 0.1) is 4.90 Å². The predicted molar refractivity (Wildman–Crippen MR) is 76.6 cm³/mol. The first-order valence-corrected chi connectivity index (χ1v) is 7.85. The second-order valence-electron chi connectivity index (χ2n) is 4.73. The smallest absolute Gasteiger partial charge is 0.283 e. The molecule has 104 valence electrons. The molecule has 1 saturated heterocycles. The molecule has 1 aromatic rings. The molecule has 19 heavy (non-hydrogen) atoms. The third-order valence-electron chi connectivity index (χ3n) is 3.24. The van der Waals surface area contributed by atoms with E-state index < -0.39 is 10.0 Å². The maximum Gasteiger partial charge on any atom is 0.283 e. The standard InChI is InChI=1S/C13H19N3O2S/c1-11(16-9-3-2-4-10-16)15-19(17,18)13-7-5-12(14)6-8-13/h5-8H,2-4,9-10,14H2,1H3. The highest BCUT2D eigenvalue weighted by Gasteiger charge is 2.17. The van der Waals surface area contributed by atoms with E-state index in [4.69, 9.17) is 5.73 Å². The molecule has 0 saturated carbocycles. The van der Waals surface area contributed by atoms with Gasteiger partial charge in [0, 0.05) is 18.8 Å². The highest BCUT2D eigenvalue weighted by atomic mass is 32.2. The minimum absolute atomic E-state index is 0.179. The van der Waals surface area contributed by atoms with Gasteiger partial charge in [-0.15, -0.1) is 4.40 Å². The Kier molecular flexibility index (Phi) is 4.09. The van der Waals surface area contributed by atoms with Gasteiger partial charge in [-0.1, -0.05) is 0 Å². The predicted octanol–water partition coefficient (Wildman–Crippen LogP) is 1.86. The maximum absolute atomic E-state index is 12.1. The molecular formula is C13H19N3O2S. The van der Waals surface area contributed by atoms with Crippen molar-refractivity contribution in [3.8, 4) is 0 Å². The Labute approximate surface area is 114 Å². The molecule has 0 spiro atoms. The Hall–Kier alpha value is -1.56. The minimum atomic E-state index is -3.63. The summed E-state index contributed by atoms with van der Waals surface area (Å²) in [6.07, 6.45) is 3.39. The summed E-state index contributed by atoms with van der Waals surface area (Å²) in [5.74, 6) is 0.566. The SMILES string of the molecule is CC(=NS(=O)(=O)c1ccc(N)cc1)N1CCCCC1. The quantitative estimate of drug-likeness (QED) is 0.510. The van der Waals surface area contributed by atoms with Crippen LogP contribution in [0.5, 0.6) is 0 Å². The fraction of sp³-hybridized carbons (Fsp3) is 0.462. The molecule has 0 aliphatic carbocycles. The number of hydrogen-bond acceptors (Lipinski definition) is 3. The van der Waals surface area contributed by atoms with Gasteiger partial charge in [0.15, 0.2) is 0 Å². The van der Waals surface area contributed by atoms with Crippen molar-refractivity contribution in [1.82, 2.24) is 4.90 Å². The highest BCUT2D eigenvalue weighted by Crippen LogP contribution is 2.16. The number of nitrogen functional groups attached to an aromatic ring is 1. The van der Waals surface area contributed by atoms with Crippen LogP contribution in [0.25, 0.3) is 0 Å². The van der Waals surface area contributed by atoms with Gasteiger partial charge in [0.25, 0.3) is 10.0 Å². The van der Waals surface area contributed by atoms with Crippen LogP contribution in [0.1, 0.15) is 26.2 Å². The summed E-state index contributed by atoms with van der Waals surface area (Å²) in [6.45, 7) is 3.51. The first kappa shape index (κ1) is 13.9. The molecule has 6 heteroatoms. The largest absolute Gasteiger partial charge is 0.399 e. The molecule has 0 unspecified atom stereocenters. The summed E-state index contributed by atoms with van der Waals surface area (Å²) in [5, 5.41) is 0. The molecule has 1 heterocycles. The minimum Gasteiger partial charge on any atom is -0.399 e. The van der Waals surface area contributed by atoms with E-state index in [2.05, 4.69) is 4.40 Å². The molecule has 1 aliphatic heterocycles. The first-order chi connectivity index (χ1) is 8.99. The Balaban J connectivity index is 2.22. The topological polar surface area (TPSA) is 75.8 Å². The molecule has 0 atom stereocenters. The fourth-order valence-corrected chi connectivity index (χ4v) is 3.19. The Morgan fingerprint density at radius 2 is 1.74 bits per heavy atom. The molecule has 0 amide bonds. The lowest BCUT2D eigenvalue weighted by Crippen LogP contribution is -2.34. The van der Waals surface area contributed by atoms with E-state index in [0.29, 0.717) is 11.5 Å². The zero-order valence-corrected chi connectivity index (χ0v) is 11.9. The molecule has 1 fully saturated rings. The number of rotatable bonds is 2. The number of nitrogens with zero attached hydrogens (tertiary/aromatic N) is 2. The van der Waals surface area contributed by atoms with Gasteiger partial charge in [-0.3, -0.25) is 0 Å². The van der Waals surface area contributed by atoms with Crippen LogP contribution in [-0.2, 0) is 10.0 Å². The van der Waals surface area contributed by atoms with Crippen molar-refractivity contribution in [3.63, 3.8) is 0 Å². The van der Waals surface area contributed by atoms with Crippen molar-refractivity contribution in [2.45, 2.75) is 31.1 Å². The van der Waals surface area contributed by atoms with Gasteiger partial charge in [0.1, 0.15) is 5.84 Å². The molecule has 1 aromatic carbocycles. The van der Waals surface area contributed by atoms with Crippen molar-refractivity contribution in [2.75, 3.05) is 18.8 Å². The van der Waals surface area contributed by atoms with Crippen LogP contribution in [0.2, 0.25) is 0 Å². The van der Waals surface area contributed by atoms with E-state index in [9.17, 15) is 8.42 Å². The summed E-state index contributed by atoms with van der Waals surface area (Å²) >= 11 is 0. The number of benzene rings is 1. The highest BCUT2D eigenvalue weighted by molar-refractivity contribution is 7.90. The van der Waals surface area contributed by atoms with Gasteiger partial charge in [0.2, 0.25) is 0 Å². The second kappa shape index (κ2) is 5.61. The van der Waals surface area contributed by atoms with Crippen LogP contribution in [0, 0.1) is 0 Å². The number of hydrogen-bond donors (Lipinski definition) is 1. The summed E-state index contributed by atoms with van der Waals surface area (Å²) in [7, 11) is -3.63. The van der Waals surface area contributed by atoms with Gasteiger partial charge in [-0.2, -0.15) is 8.42 Å².